The molecule has 0 radical (unpaired) electrons. The summed E-state index contributed by atoms with van der Waals surface area (Å²) in [5.74, 6) is 1.77. The average molecular weight is 885 g/mol. The summed E-state index contributed by atoms with van der Waals surface area (Å²) in [5.41, 5.74) is 7.76. The van der Waals surface area contributed by atoms with Crippen LogP contribution >= 0.6 is 0 Å². The number of carbonyl (C=O) groups is 4. The Labute approximate surface area is 376 Å². The molecule has 0 bridgehead atoms. The molecule has 3 amide bonds. The molecule has 346 valence electrons. The standard InChI is InChI=1S/C24H30N2O5.C21H23NO6.C4H11N/c1-6-11-25-24(28)16-7-9-17-18(12-16)19(26-14(2)27)10-8-15-13-20(29-3)22(30-4)23(31-5)21(15)17;1-11(23)22-16-8-6-12-10-17(26-2)19(27-3)20(28-4)18(12)14-7-5-13(21(24)25)9-15(14)16;1-3-4-5-2/h7,9,12-13,19H,6,8,10-11H2,1-5H3,(H,25,28)(H,26,27);5,7,9-10,16H,6,8H2,1-4H3,(H,22,23)(H,24,25);5H,3-4H2,1-2H3/t19-;16-;/m00./s1. The molecule has 2 aliphatic rings. The molecule has 0 heterocycles. The van der Waals surface area contributed by atoms with E-state index >= 15 is 0 Å². The van der Waals surface area contributed by atoms with Crippen LogP contribution in [0, 0.1) is 0 Å². The van der Waals surface area contributed by atoms with Crippen molar-refractivity contribution in [3.8, 4) is 56.8 Å². The zero-order chi connectivity index (χ0) is 47.1. The van der Waals surface area contributed by atoms with Crippen LogP contribution in [0.4, 0.5) is 0 Å². The molecule has 64 heavy (non-hydrogen) atoms. The molecule has 0 saturated carbocycles. The van der Waals surface area contributed by atoms with Crippen LogP contribution in [0.15, 0.2) is 48.5 Å². The van der Waals surface area contributed by atoms with E-state index in [1.807, 2.05) is 38.2 Å². The molecule has 0 aliphatic heterocycles. The molecule has 0 aromatic heterocycles. The highest BCUT2D eigenvalue weighted by Gasteiger charge is 2.32. The van der Waals surface area contributed by atoms with E-state index in [1.54, 1.807) is 59.8 Å². The molecule has 0 unspecified atom stereocenters. The van der Waals surface area contributed by atoms with Crippen LogP contribution in [-0.2, 0) is 22.4 Å². The van der Waals surface area contributed by atoms with Gasteiger partial charge in [0.1, 0.15) is 0 Å². The molecule has 5 N–H and O–H groups in total. The van der Waals surface area contributed by atoms with E-state index in [4.69, 9.17) is 28.4 Å². The topological polar surface area (TPSA) is 192 Å². The van der Waals surface area contributed by atoms with Gasteiger partial charge in [0, 0.05) is 37.1 Å². The third-order valence-corrected chi connectivity index (χ3v) is 10.9. The highest BCUT2D eigenvalue weighted by atomic mass is 16.5. The van der Waals surface area contributed by atoms with E-state index in [0.29, 0.717) is 72.3 Å². The van der Waals surface area contributed by atoms with Gasteiger partial charge in [-0.3, -0.25) is 14.4 Å². The first kappa shape index (κ1) is 50.2. The van der Waals surface area contributed by atoms with Crippen molar-refractivity contribution in [3.63, 3.8) is 0 Å². The minimum absolute atomic E-state index is 0.120. The van der Waals surface area contributed by atoms with E-state index in [1.165, 1.54) is 27.4 Å². The van der Waals surface area contributed by atoms with E-state index in [0.717, 1.165) is 57.5 Å². The monoisotopic (exact) mass is 884 g/mol. The van der Waals surface area contributed by atoms with Crippen molar-refractivity contribution < 1.29 is 52.7 Å². The van der Waals surface area contributed by atoms with Crippen molar-refractivity contribution in [1.82, 2.24) is 21.3 Å². The van der Waals surface area contributed by atoms with Crippen LogP contribution in [0.5, 0.6) is 34.5 Å². The highest BCUT2D eigenvalue weighted by molar-refractivity contribution is 5.96. The van der Waals surface area contributed by atoms with Gasteiger partial charge >= 0.3 is 5.97 Å². The maximum absolute atomic E-state index is 12.6. The van der Waals surface area contributed by atoms with Gasteiger partial charge in [-0.25, -0.2) is 4.79 Å². The van der Waals surface area contributed by atoms with E-state index in [2.05, 4.69) is 28.2 Å². The van der Waals surface area contributed by atoms with E-state index < -0.39 is 5.97 Å². The molecule has 2 aliphatic carbocycles. The molecule has 0 saturated heterocycles. The second-order valence-electron chi connectivity index (χ2n) is 15.2. The summed E-state index contributed by atoms with van der Waals surface area (Å²) in [6, 6.07) is 13.8. The molecular formula is C49H64N4O11. The third kappa shape index (κ3) is 11.6. The third-order valence-electron chi connectivity index (χ3n) is 10.9. The number of benzene rings is 4. The number of amides is 3. The number of rotatable bonds is 14. The van der Waals surface area contributed by atoms with Gasteiger partial charge in [-0.15, -0.1) is 0 Å². The number of hydrogen-bond donors (Lipinski definition) is 5. The Morgan fingerprint density at radius 2 is 1.02 bits per heavy atom. The van der Waals surface area contributed by atoms with Gasteiger partial charge in [0.2, 0.25) is 23.3 Å². The predicted molar refractivity (Wildman–Crippen MR) is 247 cm³/mol. The van der Waals surface area contributed by atoms with Crippen molar-refractivity contribution in [3.05, 3.63) is 81.9 Å². The quantitative estimate of drug-likeness (QED) is 0.0842. The number of aryl methyl sites for hydroxylation is 2. The Morgan fingerprint density at radius 3 is 1.36 bits per heavy atom. The lowest BCUT2D eigenvalue weighted by molar-refractivity contribution is -0.120. The van der Waals surface area contributed by atoms with Crippen molar-refractivity contribution >= 4 is 23.7 Å². The maximum atomic E-state index is 12.6. The van der Waals surface area contributed by atoms with Gasteiger partial charge in [0.25, 0.3) is 5.91 Å². The van der Waals surface area contributed by atoms with E-state index in [-0.39, 0.29) is 35.4 Å². The molecule has 0 fully saturated rings. The normalized spacial score (nSPS) is 14.2. The zero-order valence-corrected chi connectivity index (χ0v) is 39.0. The van der Waals surface area contributed by atoms with Gasteiger partial charge in [0.05, 0.1) is 60.3 Å². The van der Waals surface area contributed by atoms with Crippen LogP contribution < -0.4 is 49.7 Å². The maximum Gasteiger partial charge on any atom is 0.335 e. The first-order valence-corrected chi connectivity index (χ1v) is 21.4. The van der Waals surface area contributed by atoms with Crippen LogP contribution in [-0.4, -0.2) is 91.6 Å². The average Bonchev–Trinajstić information content (AvgIpc) is 3.53. The minimum Gasteiger partial charge on any atom is -0.493 e. The first-order valence-electron chi connectivity index (χ1n) is 21.4. The van der Waals surface area contributed by atoms with Crippen molar-refractivity contribution in [1.29, 1.82) is 0 Å². The number of methoxy groups -OCH3 is 6. The molecule has 4 aromatic rings. The summed E-state index contributed by atoms with van der Waals surface area (Å²) in [7, 11) is 11.4. The number of hydrogen-bond acceptors (Lipinski definition) is 11. The van der Waals surface area contributed by atoms with Crippen molar-refractivity contribution in [2.45, 2.75) is 78.3 Å². The smallest absolute Gasteiger partial charge is 0.335 e. The van der Waals surface area contributed by atoms with Crippen LogP contribution in [0.3, 0.4) is 0 Å². The lowest BCUT2D eigenvalue weighted by Crippen LogP contribution is -2.27. The summed E-state index contributed by atoms with van der Waals surface area (Å²) in [6.07, 6.45) is 4.73. The lowest BCUT2D eigenvalue weighted by atomic mass is 9.92. The fourth-order valence-electron chi connectivity index (χ4n) is 8.12. The van der Waals surface area contributed by atoms with E-state index in [9.17, 15) is 24.3 Å². The summed E-state index contributed by atoms with van der Waals surface area (Å²) in [4.78, 5) is 47.8. The van der Waals surface area contributed by atoms with Gasteiger partial charge in [-0.05, 0) is 122 Å². The molecule has 0 spiro atoms. The molecule has 2 atom stereocenters. The highest BCUT2D eigenvalue weighted by Crippen LogP contribution is 2.52. The molecule has 15 heteroatoms. The fraction of sp³-hybridized carbons (Fsp3) is 0.429. The minimum atomic E-state index is -1.02. The lowest BCUT2D eigenvalue weighted by Gasteiger charge is -2.21. The number of fused-ring (bicyclic) bond motifs is 6. The van der Waals surface area contributed by atoms with Gasteiger partial charge in [-0.1, -0.05) is 26.0 Å². The van der Waals surface area contributed by atoms with Crippen molar-refractivity contribution in [2.24, 2.45) is 0 Å². The fourth-order valence-corrected chi connectivity index (χ4v) is 8.12. The number of nitrogens with one attached hydrogen (secondary N) is 4. The summed E-state index contributed by atoms with van der Waals surface area (Å²) >= 11 is 0. The number of carbonyl (C=O) groups excluding carboxylic acids is 3. The van der Waals surface area contributed by atoms with Crippen LogP contribution in [0.1, 0.15) is 108 Å². The predicted octanol–water partition coefficient (Wildman–Crippen LogP) is 7.46. The van der Waals surface area contributed by atoms with Gasteiger partial charge in [-0.2, -0.15) is 0 Å². The molecule has 4 aromatic carbocycles. The molecule has 15 nitrogen and oxygen atoms in total. The van der Waals surface area contributed by atoms with Gasteiger partial charge < -0.3 is 54.8 Å². The number of carboxylic acids is 1. The van der Waals surface area contributed by atoms with Crippen LogP contribution in [0.2, 0.25) is 0 Å². The van der Waals surface area contributed by atoms with Crippen molar-refractivity contribution in [2.75, 3.05) is 62.8 Å². The Balaban J connectivity index is 0.000000255. The zero-order valence-electron chi connectivity index (χ0n) is 39.0. The van der Waals surface area contributed by atoms with Gasteiger partial charge in [0.15, 0.2) is 23.0 Å². The Bertz CT molecular complexity index is 2290. The summed E-state index contributed by atoms with van der Waals surface area (Å²) < 4.78 is 33.5. The molecular weight excluding hydrogens is 821 g/mol. The first-order chi connectivity index (χ1) is 30.8. The summed E-state index contributed by atoms with van der Waals surface area (Å²) in [5, 5.41) is 21.3. The largest absolute Gasteiger partial charge is 0.493 e. The Kier molecular flexibility index (Phi) is 18.7. The number of carboxylic acid groups (broad SMARTS) is 1. The van der Waals surface area contributed by atoms with Crippen LogP contribution in [0.25, 0.3) is 22.3 Å². The SMILES string of the molecule is CCCNC.CCCNC(=O)c1ccc2c(c1)[C@@H](NC(C)=O)CCc1cc(OC)c(OC)c(OC)c1-2.COc1cc2c(c(OC)c1OC)-c1ccc(C(=O)O)cc1[C@@H](NC(C)=O)CC2. The second kappa shape index (κ2) is 23.8. The second-order valence-corrected chi connectivity index (χ2v) is 15.2. The Morgan fingerprint density at radius 1 is 0.594 bits per heavy atom. The molecule has 6 rings (SSSR count). The summed E-state index contributed by atoms with van der Waals surface area (Å²) in [6.45, 7) is 8.86. The number of ether oxygens (including phenoxy) is 6. The number of aromatic carboxylic acids is 1. The Hall–Kier alpha value is -6.48.